The molecule has 1 amide bonds. The molecule has 3 aromatic rings. The number of nitrogens with one attached hydrogen (secondary N) is 1. The lowest BCUT2D eigenvalue weighted by Crippen LogP contribution is -2.42. The van der Waals surface area contributed by atoms with Gasteiger partial charge in [0.1, 0.15) is 11.8 Å². The molecule has 0 saturated carbocycles. The standard InChI is InChI=1S/C24H27N3O4/c1-16-7-9-17(10-8-16)19-15-20(26-25-19)24(28)27-13-11-18(12-14-27)31-23-21(29-2)5-4-6-22(23)30-3/h4-10,15,18H,11-14H2,1-3H3,(H,25,26). The maximum atomic E-state index is 12.9. The molecule has 162 valence electrons. The molecule has 31 heavy (non-hydrogen) atoms. The first-order valence-electron chi connectivity index (χ1n) is 10.4. The van der Waals surface area contributed by atoms with E-state index in [2.05, 4.69) is 10.2 Å². The second-order valence-corrected chi connectivity index (χ2v) is 7.63. The van der Waals surface area contributed by atoms with Gasteiger partial charge in [-0.05, 0) is 25.1 Å². The Kier molecular flexibility index (Phi) is 6.11. The van der Waals surface area contributed by atoms with Crippen molar-refractivity contribution in [3.63, 3.8) is 0 Å². The Morgan fingerprint density at radius 1 is 1.03 bits per heavy atom. The summed E-state index contributed by atoms with van der Waals surface area (Å²) in [5.41, 5.74) is 3.44. The van der Waals surface area contributed by atoms with Crippen LogP contribution in [0.25, 0.3) is 11.3 Å². The van der Waals surface area contributed by atoms with Gasteiger partial charge in [0.15, 0.2) is 11.5 Å². The fourth-order valence-electron chi connectivity index (χ4n) is 3.75. The van der Waals surface area contributed by atoms with Crippen molar-refractivity contribution in [2.75, 3.05) is 27.3 Å². The van der Waals surface area contributed by atoms with Crippen LogP contribution in [0.15, 0.2) is 48.5 Å². The van der Waals surface area contributed by atoms with Crippen LogP contribution in [0.3, 0.4) is 0 Å². The molecule has 0 unspecified atom stereocenters. The molecule has 0 radical (unpaired) electrons. The number of aryl methyl sites for hydroxylation is 1. The van der Waals surface area contributed by atoms with Gasteiger partial charge in [0.25, 0.3) is 5.91 Å². The molecule has 1 saturated heterocycles. The first-order valence-corrected chi connectivity index (χ1v) is 10.4. The number of para-hydroxylation sites is 1. The van der Waals surface area contributed by atoms with Gasteiger partial charge in [0, 0.05) is 31.5 Å². The molecule has 2 heterocycles. The van der Waals surface area contributed by atoms with Crippen molar-refractivity contribution in [2.24, 2.45) is 0 Å². The largest absolute Gasteiger partial charge is 0.493 e. The third kappa shape index (κ3) is 4.50. The summed E-state index contributed by atoms with van der Waals surface area (Å²) >= 11 is 0. The molecular formula is C24H27N3O4. The summed E-state index contributed by atoms with van der Waals surface area (Å²) in [6.45, 7) is 3.26. The number of carbonyl (C=O) groups is 1. The number of aromatic nitrogens is 2. The Morgan fingerprint density at radius 3 is 2.29 bits per heavy atom. The average molecular weight is 421 g/mol. The number of ether oxygens (including phenoxy) is 3. The highest BCUT2D eigenvalue weighted by molar-refractivity contribution is 5.93. The van der Waals surface area contributed by atoms with Gasteiger partial charge in [-0.2, -0.15) is 5.10 Å². The number of aromatic amines is 1. The number of H-pyrrole nitrogens is 1. The van der Waals surface area contributed by atoms with Gasteiger partial charge in [-0.15, -0.1) is 0 Å². The molecule has 0 atom stereocenters. The zero-order valence-electron chi connectivity index (χ0n) is 18.1. The number of rotatable bonds is 6. The van der Waals surface area contributed by atoms with Gasteiger partial charge in [-0.25, -0.2) is 0 Å². The highest BCUT2D eigenvalue weighted by atomic mass is 16.5. The van der Waals surface area contributed by atoms with Crippen LogP contribution in [-0.4, -0.2) is 54.4 Å². The normalized spacial score (nSPS) is 14.4. The molecule has 1 aliphatic rings. The van der Waals surface area contributed by atoms with E-state index in [0.717, 1.165) is 24.1 Å². The molecule has 7 heteroatoms. The summed E-state index contributed by atoms with van der Waals surface area (Å²) in [6.07, 6.45) is 1.44. The monoisotopic (exact) mass is 421 g/mol. The number of amides is 1. The van der Waals surface area contributed by atoms with Crippen molar-refractivity contribution in [2.45, 2.75) is 25.9 Å². The lowest BCUT2D eigenvalue weighted by molar-refractivity contribution is 0.0579. The summed E-state index contributed by atoms with van der Waals surface area (Å²) in [4.78, 5) is 14.8. The topological polar surface area (TPSA) is 76.7 Å². The summed E-state index contributed by atoms with van der Waals surface area (Å²) < 4.78 is 17.0. The maximum Gasteiger partial charge on any atom is 0.271 e. The second kappa shape index (κ2) is 9.12. The highest BCUT2D eigenvalue weighted by Gasteiger charge is 2.27. The van der Waals surface area contributed by atoms with Crippen LogP contribution < -0.4 is 14.2 Å². The van der Waals surface area contributed by atoms with Crippen molar-refractivity contribution in [3.05, 3.63) is 59.8 Å². The highest BCUT2D eigenvalue weighted by Crippen LogP contribution is 2.38. The van der Waals surface area contributed by atoms with Gasteiger partial charge >= 0.3 is 0 Å². The number of hydrogen-bond acceptors (Lipinski definition) is 5. The summed E-state index contributed by atoms with van der Waals surface area (Å²) in [5, 5.41) is 7.21. The zero-order valence-corrected chi connectivity index (χ0v) is 18.1. The predicted octanol–water partition coefficient (Wildman–Crippen LogP) is 4.09. The molecule has 1 N–H and O–H groups in total. The predicted molar refractivity (Wildman–Crippen MR) is 118 cm³/mol. The number of hydrogen-bond donors (Lipinski definition) is 1. The Bertz CT molecular complexity index is 1010. The Hall–Kier alpha value is -3.48. The number of likely N-dealkylation sites (tertiary alicyclic amines) is 1. The van der Waals surface area contributed by atoms with E-state index in [1.54, 1.807) is 14.2 Å². The Morgan fingerprint density at radius 2 is 1.68 bits per heavy atom. The number of methoxy groups -OCH3 is 2. The summed E-state index contributed by atoms with van der Waals surface area (Å²) in [7, 11) is 3.22. The minimum Gasteiger partial charge on any atom is -0.493 e. The molecule has 4 rings (SSSR count). The van der Waals surface area contributed by atoms with Crippen LogP contribution in [0.2, 0.25) is 0 Å². The zero-order chi connectivity index (χ0) is 21.8. The van der Waals surface area contributed by atoms with Crippen LogP contribution in [0.5, 0.6) is 17.2 Å². The molecule has 1 fully saturated rings. The quantitative estimate of drug-likeness (QED) is 0.649. The van der Waals surface area contributed by atoms with Crippen LogP contribution >= 0.6 is 0 Å². The van der Waals surface area contributed by atoms with Gasteiger partial charge in [-0.3, -0.25) is 9.89 Å². The molecule has 7 nitrogen and oxygen atoms in total. The Labute approximate surface area is 181 Å². The van der Waals surface area contributed by atoms with Crippen molar-refractivity contribution in [1.29, 1.82) is 0 Å². The van der Waals surface area contributed by atoms with E-state index in [9.17, 15) is 4.79 Å². The fourth-order valence-corrected chi connectivity index (χ4v) is 3.75. The van der Waals surface area contributed by atoms with Crippen LogP contribution in [0, 0.1) is 6.92 Å². The SMILES string of the molecule is COc1cccc(OC)c1OC1CCN(C(=O)c2cc(-c3ccc(C)cc3)n[nH]2)CC1. The van der Waals surface area contributed by atoms with Gasteiger partial charge in [0.2, 0.25) is 5.75 Å². The van der Waals surface area contributed by atoms with Crippen molar-refractivity contribution >= 4 is 5.91 Å². The summed E-state index contributed by atoms with van der Waals surface area (Å²) in [5.74, 6) is 1.84. The smallest absolute Gasteiger partial charge is 0.271 e. The second-order valence-electron chi connectivity index (χ2n) is 7.63. The number of nitrogens with zero attached hydrogens (tertiary/aromatic N) is 2. The lowest BCUT2D eigenvalue weighted by atomic mass is 10.1. The van der Waals surface area contributed by atoms with Crippen LogP contribution in [-0.2, 0) is 0 Å². The molecule has 1 aromatic heterocycles. The van der Waals surface area contributed by atoms with Crippen LogP contribution in [0.1, 0.15) is 28.9 Å². The van der Waals surface area contributed by atoms with Crippen LogP contribution in [0.4, 0.5) is 0 Å². The molecular weight excluding hydrogens is 394 g/mol. The van der Waals surface area contributed by atoms with E-state index in [4.69, 9.17) is 14.2 Å². The van der Waals surface area contributed by atoms with E-state index in [0.29, 0.717) is 36.0 Å². The number of piperidine rings is 1. The van der Waals surface area contributed by atoms with Crippen molar-refractivity contribution < 1.29 is 19.0 Å². The minimum absolute atomic E-state index is 0.0147. The van der Waals surface area contributed by atoms with E-state index in [1.165, 1.54) is 5.56 Å². The van der Waals surface area contributed by atoms with E-state index in [-0.39, 0.29) is 12.0 Å². The number of carbonyl (C=O) groups excluding carboxylic acids is 1. The van der Waals surface area contributed by atoms with Crippen molar-refractivity contribution in [1.82, 2.24) is 15.1 Å². The maximum absolute atomic E-state index is 12.9. The molecule has 2 aromatic carbocycles. The Balaban J connectivity index is 1.38. The molecule has 0 aliphatic carbocycles. The molecule has 1 aliphatic heterocycles. The average Bonchev–Trinajstić information content (AvgIpc) is 3.30. The van der Waals surface area contributed by atoms with Gasteiger partial charge in [-0.1, -0.05) is 35.9 Å². The van der Waals surface area contributed by atoms with Gasteiger partial charge < -0.3 is 19.1 Å². The van der Waals surface area contributed by atoms with Gasteiger partial charge in [0.05, 0.1) is 19.9 Å². The third-order valence-electron chi connectivity index (χ3n) is 5.55. The third-order valence-corrected chi connectivity index (χ3v) is 5.55. The van der Waals surface area contributed by atoms with E-state index >= 15 is 0 Å². The first kappa shape index (κ1) is 20.8. The number of benzene rings is 2. The lowest BCUT2D eigenvalue weighted by Gasteiger charge is -2.32. The minimum atomic E-state index is -0.0424. The first-order chi connectivity index (χ1) is 15.1. The van der Waals surface area contributed by atoms with E-state index in [1.807, 2.05) is 60.4 Å². The molecule has 0 bridgehead atoms. The van der Waals surface area contributed by atoms with E-state index < -0.39 is 0 Å². The fraction of sp³-hybridized carbons (Fsp3) is 0.333. The summed E-state index contributed by atoms with van der Waals surface area (Å²) in [6, 6.07) is 15.5. The van der Waals surface area contributed by atoms with Crippen molar-refractivity contribution in [3.8, 4) is 28.5 Å². The molecule has 0 spiro atoms.